The van der Waals surface area contributed by atoms with Gasteiger partial charge in [-0.2, -0.15) is 4.72 Å². The van der Waals surface area contributed by atoms with Crippen LogP contribution < -0.4 is 14.8 Å². The maximum Gasteiger partial charge on any atom is 0.243 e. The van der Waals surface area contributed by atoms with Crippen molar-refractivity contribution in [1.29, 1.82) is 0 Å². The summed E-state index contributed by atoms with van der Waals surface area (Å²) < 4.78 is 35.8. The highest BCUT2D eigenvalue weighted by Crippen LogP contribution is 2.34. The number of fused-ring (bicyclic) bond motifs is 1. The van der Waals surface area contributed by atoms with Crippen molar-refractivity contribution in [2.75, 3.05) is 39.3 Å². The number of para-hydroxylation sites is 1. The van der Waals surface area contributed by atoms with Crippen LogP contribution in [-0.2, 0) is 26.2 Å². The average Bonchev–Trinajstić information content (AvgIpc) is 3.00. The number of hydrogen-bond acceptors (Lipinski definition) is 7. The van der Waals surface area contributed by atoms with Gasteiger partial charge in [-0.3, -0.25) is 9.59 Å². The van der Waals surface area contributed by atoms with Gasteiger partial charge in [0.1, 0.15) is 28.3 Å². The first-order valence-corrected chi connectivity index (χ1v) is 17.4. The number of piperazine rings is 1. The lowest BCUT2D eigenvalue weighted by atomic mass is 9.94. The molecule has 2 saturated heterocycles. The number of piperidine rings is 1. The van der Waals surface area contributed by atoms with E-state index in [9.17, 15) is 18.0 Å². The van der Waals surface area contributed by atoms with Gasteiger partial charge in [-0.25, -0.2) is 13.4 Å². The van der Waals surface area contributed by atoms with Crippen LogP contribution in [0.5, 0.6) is 5.75 Å². The molecule has 2 amide bonds. The molecule has 0 saturated carbocycles. The monoisotopic (exact) mass is 675 g/mol. The Labute approximate surface area is 274 Å². The van der Waals surface area contributed by atoms with Crippen molar-refractivity contribution in [3.05, 3.63) is 63.8 Å². The van der Waals surface area contributed by atoms with Gasteiger partial charge in [0, 0.05) is 54.3 Å². The molecule has 0 bridgehead atoms. The fourth-order valence-electron chi connectivity index (χ4n) is 5.85. The highest BCUT2D eigenvalue weighted by atomic mass is 35.5. The summed E-state index contributed by atoms with van der Waals surface area (Å²) in [7, 11) is -4.26. The summed E-state index contributed by atoms with van der Waals surface area (Å²) in [6.45, 7) is 8.17. The molecule has 1 aromatic heterocycles. The first-order chi connectivity index (χ1) is 21.4. The number of aromatic nitrogens is 1. The van der Waals surface area contributed by atoms with Crippen molar-refractivity contribution >= 4 is 55.9 Å². The van der Waals surface area contributed by atoms with E-state index in [0.29, 0.717) is 55.3 Å². The predicted molar refractivity (Wildman–Crippen MR) is 175 cm³/mol. The number of rotatable bonds is 9. The summed E-state index contributed by atoms with van der Waals surface area (Å²) in [6, 6.07) is 12.2. The maximum atomic E-state index is 13.6. The number of benzene rings is 2. The van der Waals surface area contributed by atoms with Crippen molar-refractivity contribution in [1.82, 2.24) is 24.8 Å². The minimum atomic E-state index is -4.26. The third-order valence-corrected chi connectivity index (χ3v) is 11.0. The molecule has 0 atom stereocenters. The first kappa shape index (κ1) is 33.4. The average molecular weight is 677 g/mol. The first-order valence-electron chi connectivity index (χ1n) is 15.1. The minimum Gasteiger partial charge on any atom is -0.487 e. The zero-order valence-corrected chi connectivity index (χ0v) is 28.1. The number of aryl methyl sites for hydroxylation is 1. The smallest absolute Gasteiger partial charge is 0.243 e. The van der Waals surface area contributed by atoms with Gasteiger partial charge in [0.25, 0.3) is 0 Å². The van der Waals surface area contributed by atoms with E-state index in [-0.39, 0.29) is 33.4 Å². The Morgan fingerprint density at radius 1 is 1.02 bits per heavy atom. The van der Waals surface area contributed by atoms with E-state index < -0.39 is 15.6 Å². The summed E-state index contributed by atoms with van der Waals surface area (Å²) >= 11 is 13.1. The number of pyridine rings is 1. The van der Waals surface area contributed by atoms with Crippen molar-refractivity contribution in [2.24, 2.45) is 5.92 Å². The van der Waals surface area contributed by atoms with Crippen LogP contribution in [0.4, 0.5) is 0 Å². The zero-order chi connectivity index (χ0) is 32.4. The molecule has 2 fully saturated rings. The molecule has 242 valence electrons. The number of nitrogens with zero attached hydrogens (tertiary/aromatic N) is 3. The van der Waals surface area contributed by atoms with Crippen molar-refractivity contribution in [3.63, 3.8) is 0 Å². The topological polar surface area (TPSA) is 121 Å². The van der Waals surface area contributed by atoms with Crippen LogP contribution in [0.1, 0.15) is 44.4 Å². The molecule has 3 heterocycles. The predicted octanol–water partition coefficient (Wildman–Crippen LogP) is 4.55. The van der Waals surface area contributed by atoms with E-state index in [4.69, 9.17) is 27.9 Å². The summed E-state index contributed by atoms with van der Waals surface area (Å²) in [5.74, 6) is 0.620. The van der Waals surface area contributed by atoms with Gasteiger partial charge in [-0.1, -0.05) is 41.4 Å². The third kappa shape index (κ3) is 7.72. The highest BCUT2D eigenvalue weighted by Gasteiger charge is 2.39. The zero-order valence-electron chi connectivity index (χ0n) is 25.7. The number of sulfonamides is 1. The van der Waals surface area contributed by atoms with Crippen LogP contribution in [0.15, 0.2) is 47.4 Å². The number of amides is 2. The van der Waals surface area contributed by atoms with Gasteiger partial charge in [0.2, 0.25) is 21.8 Å². The minimum absolute atomic E-state index is 0.0940. The van der Waals surface area contributed by atoms with E-state index in [1.54, 1.807) is 15.9 Å². The molecule has 2 aliphatic rings. The van der Waals surface area contributed by atoms with Crippen molar-refractivity contribution in [2.45, 2.75) is 57.1 Å². The fourth-order valence-corrected chi connectivity index (χ4v) is 8.11. The number of carbonyl (C=O) groups is 2. The SMILES string of the molecule is Cc1ccc2cccc(OCc3c(Cl)ccc(S(=O)(=O)NC(C)(C)C(=O)N4CCN(C(=O)CC5CCNCC5)CC4)c3Cl)c2n1. The summed E-state index contributed by atoms with van der Waals surface area (Å²) in [4.78, 5) is 34.1. The molecule has 0 aliphatic carbocycles. The summed E-state index contributed by atoms with van der Waals surface area (Å²) in [6.07, 6.45) is 2.51. The molecule has 0 unspecified atom stereocenters. The number of carbonyl (C=O) groups excluding carboxylic acids is 2. The Morgan fingerprint density at radius 3 is 2.42 bits per heavy atom. The molecular weight excluding hydrogens is 637 g/mol. The van der Waals surface area contributed by atoms with E-state index in [1.807, 2.05) is 31.2 Å². The van der Waals surface area contributed by atoms with Crippen LogP contribution in [-0.4, -0.2) is 79.8 Å². The number of halogens is 2. The maximum absolute atomic E-state index is 13.6. The normalized spacial score (nSPS) is 16.6. The largest absolute Gasteiger partial charge is 0.487 e. The Morgan fingerprint density at radius 2 is 1.71 bits per heavy atom. The number of ether oxygens (including phenoxy) is 1. The van der Waals surface area contributed by atoms with E-state index >= 15 is 0 Å². The van der Waals surface area contributed by atoms with Crippen LogP contribution in [0.2, 0.25) is 10.0 Å². The number of hydrogen-bond donors (Lipinski definition) is 2. The standard InChI is InChI=1S/C32H39Cl2N5O5S/c1-21-7-8-23-5-4-6-26(30(23)36-21)44-20-24-25(33)9-10-27(29(24)34)45(42,43)37-32(2,3)31(41)39-17-15-38(16-18-39)28(40)19-22-11-13-35-14-12-22/h4-10,22,35,37H,11-20H2,1-3H3. The quantitative estimate of drug-likeness (QED) is 0.342. The Bertz CT molecular complexity index is 1690. The van der Waals surface area contributed by atoms with Gasteiger partial charge in [-0.05, 0) is 76.9 Å². The van der Waals surface area contributed by atoms with Crippen LogP contribution in [0.25, 0.3) is 10.9 Å². The summed E-state index contributed by atoms with van der Waals surface area (Å²) in [5, 5.41) is 4.36. The van der Waals surface area contributed by atoms with Gasteiger partial charge in [0.05, 0.1) is 5.02 Å². The van der Waals surface area contributed by atoms with E-state index in [0.717, 1.165) is 37.0 Å². The lowest BCUT2D eigenvalue weighted by Gasteiger charge is -2.39. The van der Waals surface area contributed by atoms with Gasteiger partial charge < -0.3 is 19.9 Å². The van der Waals surface area contributed by atoms with Crippen molar-refractivity contribution in [3.8, 4) is 5.75 Å². The van der Waals surface area contributed by atoms with Crippen LogP contribution in [0.3, 0.4) is 0 Å². The molecular formula is C32H39Cl2N5O5S. The number of nitrogens with one attached hydrogen (secondary N) is 2. The lowest BCUT2D eigenvalue weighted by Crippen LogP contribution is -2.60. The second-order valence-corrected chi connectivity index (χ2v) is 14.6. The van der Waals surface area contributed by atoms with Crippen LogP contribution >= 0.6 is 23.2 Å². The van der Waals surface area contributed by atoms with Crippen LogP contribution in [0, 0.1) is 12.8 Å². The molecule has 3 aromatic rings. The highest BCUT2D eigenvalue weighted by molar-refractivity contribution is 7.89. The van der Waals surface area contributed by atoms with Gasteiger partial charge >= 0.3 is 0 Å². The Kier molecular flexibility index (Phi) is 10.2. The molecule has 2 N–H and O–H groups in total. The van der Waals surface area contributed by atoms with E-state index in [2.05, 4.69) is 15.0 Å². The van der Waals surface area contributed by atoms with E-state index in [1.165, 1.54) is 26.0 Å². The molecule has 0 spiro atoms. The fraction of sp³-hybridized carbons (Fsp3) is 0.469. The Balaban J connectivity index is 1.24. The second-order valence-electron chi connectivity index (χ2n) is 12.2. The molecule has 2 aliphatic heterocycles. The molecule has 0 radical (unpaired) electrons. The summed E-state index contributed by atoms with van der Waals surface area (Å²) in [5.41, 5.74) is 0.309. The third-order valence-electron chi connectivity index (χ3n) is 8.40. The molecule has 10 nitrogen and oxygen atoms in total. The van der Waals surface area contributed by atoms with Gasteiger partial charge in [0.15, 0.2) is 0 Å². The van der Waals surface area contributed by atoms with Gasteiger partial charge in [-0.15, -0.1) is 0 Å². The second kappa shape index (κ2) is 13.8. The molecule has 5 rings (SSSR count). The molecule has 45 heavy (non-hydrogen) atoms. The lowest BCUT2D eigenvalue weighted by molar-refractivity contribution is -0.143. The molecule has 13 heteroatoms. The Hall–Kier alpha value is -2.96. The molecule has 2 aromatic carbocycles. The van der Waals surface area contributed by atoms with Crippen molar-refractivity contribution < 1.29 is 22.7 Å².